The Bertz CT molecular complexity index is 957. The second-order valence-corrected chi connectivity index (χ2v) is 5.79. The SMILES string of the molecule is CCc1cc(CNC(=O)c2[nH]c3ccc(OC)cc3c2NC(C)=O)on1. The number of nitrogens with one attached hydrogen (secondary N) is 3. The molecule has 0 atom stereocenters. The summed E-state index contributed by atoms with van der Waals surface area (Å²) in [7, 11) is 1.56. The number of amides is 2. The summed E-state index contributed by atoms with van der Waals surface area (Å²) in [5.41, 5.74) is 2.22. The molecule has 1 aromatic carbocycles. The van der Waals surface area contributed by atoms with Crippen LogP contribution in [-0.2, 0) is 17.8 Å². The zero-order chi connectivity index (χ0) is 18.7. The van der Waals surface area contributed by atoms with Crippen molar-refractivity contribution in [1.82, 2.24) is 15.5 Å². The Hall–Kier alpha value is -3.29. The molecule has 3 rings (SSSR count). The number of anilines is 1. The van der Waals surface area contributed by atoms with E-state index in [1.54, 1.807) is 31.4 Å². The Balaban J connectivity index is 1.89. The van der Waals surface area contributed by atoms with Gasteiger partial charge in [-0.25, -0.2) is 0 Å². The molecule has 0 radical (unpaired) electrons. The summed E-state index contributed by atoms with van der Waals surface area (Å²) < 4.78 is 10.4. The number of H-pyrrole nitrogens is 1. The average Bonchev–Trinajstić information content (AvgIpc) is 3.23. The van der Waals surface area contributed by atoms with Crippen LogP contribution in [0.1, 0.15) is 35.8 Å². The van der Waals surface area contributed by atoms with Crippen molar-refractivity contribution in [3.8, 4) is 5.75 Å². The molecule has 8 heteroatoms. The molecule has 0 bridgehead atoms. The van der Waals surface area contributed by atoms with E-state index in [1.807, 2.05) is 6.92 Å². The minimum Gasteiger partial charge on any atom is -0.497 e. The van der Waals surface area contributed by atoms with Gasteiger partial charge in [-0.2, -0.15) is 0 Å². The van der Waals surface area contributed by atoms with E-state index in [4.69, 9.17) is 9.26 Å². The van der Waals surface area contributed by atoms with Crippen molar-refractivity contribution in [2.45, 2.75) is 26.8 Å². The molecule has 3 N–H and O–H groups in total. The van der Waals surface area contributed by atoms with E-state index in [0.29, 0.717) is 28.1 Å². The highest BCUT2D eigenvalue weighted by molar-refractivity contribution is 6.12. The van der Waals surface area contributed by atoms with E-state index in [1.165, 1.54) is 6.92 Å². The van der Waals surface area contributed by atoms with Gasteiger partial charge in [0.2, 0.25) is 5.91 Å². The number of benzene rings is 1. The minimum absolute atomic E-state index is 0.198. The van der Waals surface area contributed by atoms with Crippen molar-refractivity contribution in [3.05, 3.63) is 41.4 Å². The fourth-order valence-corrected chi connectivity index (χ4v) is 2.64. The number of carbonyl (C=O) groups excluding carboxylic acids is 2. The van der Waals surface area contributed by atoms with E-state index in [9.17, 15) is 9.59 Å². The number of ether oxygens (including phenoxy) is 1. The predicted molar refractivity (Wildman–Crippen MR) is 96.2 cm³/mol. The molecule has 0 fully saturated rings. The minimum atomic E-state index is -0.363. The molecular weight excluding hydrogens is 336 g/mol. The smallest absolute Gasteiger partial charge is 0.270 e. The van der Waals surface area contributed by atoms with Gasteiger partial charge in [0.15, 0.2) is 5.76 Å². The Morgan fingerprint density at radius 2 is 2.12 bits per heavy atom. The fourth-order valence-electron chi connectivity index (χ4n) is 2.64. The lowest BCUT2D eigenvalue weighted by atomic mass is 10.2. The molecule has 0 aliphatic carbocycles. The third-order valence-corrected chi connectivity index (χ3v) is 3.93. The number of rotatable bonds is 6. The normalized spacial score (nSPS) is 10.7. The van der Waals surface area contributed by atoms with Gasteiger partial charge in [0.05, 0.1) is 25.0 Å². The van der Waals surface area contributed by atoms with Crippen molar-refractivity contribution in [2.75, 3.05) is 12.4 Å². The van der Waals surface area contributed by atoms with E-state index in [0.717, 1.165) is 12.1 Å². The number of carbonyl (C=O) groups is 2. The molecule has 26 heavy (non-hydrogen) atoms. The van der Waals surface area contributed by atoms with Gasteiger partial charge in [-0.3, -0.25) is 9.59 Å². The highest BCUT2D eigenvalue weighted by Crippen LogP contribution is 2.31. The van der Waals surface area contributed by atoms with Crippen LogP contribution in [0.25, 0.3) is 10.9 Å². The zero-order valence-corrected chi connectivity index (χ0v) is 14.8. The molecule has 0 saturated heterocycles. The van der Waals surface area contributed by atoms with Gasteiger partial charge in [-0.1, -0.05) is 12.1 Å². The number of methoxy groups -OCH3 is 1. The first-order valence-electron chi connectivity index (χ1n) is 8.21. The maximum atomic E-state index is 12.6. The molecule has 0 aliphatic rings. The summed E-state index contributed by atoms with van der Waals surface area (Å²) in [5, 5.41) is 10.1. The lowest BCUT2D eigenvalue weighted by Gasteiger charge is -2.06. The summed E-state index contributed by atoms with van der Waals surface area (Å²) in [5.74, 6) is 0.557. The highest BCUT2D eigenvalue weighted by atomic mass is 16.5. The maximum Gasteiger partial charge on any atom is 0.270 e. The first-order chi connectivity index (χ1) is 12.5. The van der Waals surface area contributed by atoms with Crippen LogP contribution < -0.4 is 15.4 Å². The van der Waals surface area contributed by atoms with Crippen molar-refractivity contribution >= 4 is 28.4 Å². The van der Waals surface area contributed by atoms with E-state index >= 15 is 0 Å². The van der Waals surface area contributed by atoms with Gasteiger partial charge >= 0.3 is 0 Å². The standard InChI is InChI=1S/C18H20N4O4/c1-4-11-7-13(26-22-11)9-19-18(24)17-16(20-10(2)23)14-8-12(25-3)5-6-15(14)21-17/h5-8,21H,4,9H2,1-3H3,(H,19,24)(H,20,23). The van der Waals surface area contributed by atoms with Crippen LogP contribution in [0.15, 0.2) is 28.8 Å². The number of aromatic amines is 1. The van der Waals surface area contributed by atoms with Crippen LogP contribution in [0.5, 0.6) is 5.75 Å². The summed E-state index contributed by atoms with van der Waals surface area (Å²) in [6, 6.07) is 7.13. The van der Waals surface area contributed by atoms with Crippen LogP contribution in [0.2, 0.25) is 0 Å². The van der Waals surface area contributed by atoms with Gasteiger partial charge in [-0.05, 0) is 24.6 Å². The molecule has 2 heterocycles. The summed E-state index contributed by atoms with van der Waals surface area (Å²) >= 11 is 0. The molecular formula is C18H20N4O4. The van der Waals surface area contributed by atoms with Crippen LogP contribution in [0.3, 0.4) is 0 Å². The van der Waals surface area contributed by atoms with Crippen molar-refractivity contribution in [1.29, 1.82) is 0 Å². The molecule has 136 valence electrons. The maximum absolute atomic E-state index is 12.6. The van der Waals surface area contributed by atoms with Crippen molar-refractivity contribution in [2.24, 2.45) is 0 Å². The van der Waals surface area contributed by atoms with Crippen LogP contribution >= 0.6 is 0 Å². The Morgan fingerprint density at radius 3 is 2.77 bits per heavy atom. The van der Waals surface area contributed by atoms with Crippen molar-refractivity contribution < 1.29 is 18.8 Å². The second-order valence-electron chi connectivity index (χ2n) is 5.79. The number of nitrogens with zero attached hydrogens (tertiary/aromatic N) is 1. The summed E-state index contributed by atoms with van der Waals surface area (Å²) in [6.07, 6.45) is 0.758. The van der Waals surface area contributed by atoms with E-state index < -0.39 is 0 Å². The third kappa shape index (κ3) is 3.53. The van der Waals surface area contributed by atoms with Gasteiger partial charge in [-0.15, -0.1) is 0 Å². The molecule has 2 aromatic heterocycles. The van der Waals surface area contributed by atoms with Gasteiger partial charge in [0.1, 0.15) is 11.4 Å². The Labute approximate surface area is 149 Å². The fraction of sp³-hybridized carbons (Fsp3) is 0.278. The number of hydrogen-bond acceptors (Lipinski definition) is 5. The topological polar surface area (TPSA) is 109 Å². The first-order valence-corrected chi connectivity index (χ1v) is 8.21. The zero-order valence-electron chi connectivity index (χ0n) is 14.8. The largest absolute Gasteiger partial charge is 0.497 e. The number of aromatic nitrogens is 2. The highest BCUT2D eigenvalue weighted by Gasteiger charge is 2.19. The first kappa shape index (κ1) is 17.5. The van der Waals surface area contributed by atoms with Crippen LogP contribution in [0.4, 0.5) is 5.69 Å². The van der Waals surface area contributed by atoms with E-state index in [-0.39, 0.29) is 24.1 Å². The monoisotopic (exact) mass is 356 g/mol. The molecule has 0 spiro atoms. The van der Waals surface area contributed by atoms with Crippen molar-refractivity contribution in [3.63, 3.8) is 0 Å². The molecule has 0 aliphatic heterocycles. The lowest BCUT2D eigenvalue weighted by molar-refractivity contribution is -0.114. The van der Waals surface area contributed by atoms with Crippen LogP contribution in [0, 0.1) is 0 Å². The number of fused-ring (bicyclic) bond motifs is 1. The number of aryl methyl sites for hydroxylation is 1. The van der Waals surface area contributed by atoms with E-state index in [2.05, 4.69) is 20.8 Å². The molecule has 2 amide bonds. The molecule has 0 unspecified atom stereocenters. The van der Waals surface area contributed by atoms with Gasteiger partial charge < -0.3 is 24.9 Å². The molecule has 8 nitrogen and oxygen atoms in total. The summed E-state index contributed by atoms with van der Waals surface area (Å²) in [6.45, 7) is 3.56. The summed E-state index contributed by atoms with van der Waals surface area (Å²) in [4.78, 5) is 27.3. The van der Waals surface area contributed by atoms with Gasteiger partial charge in [0.25, 0.3) is 5.91 Å². The third-order valence-electron chi connectivity index (χ3n) is 3.93. The lowest BCUT2D eigenvalue weighted by Crippen LogP contribution is -2.24. The number of hydrogen-bond donors (Lipinski definition) is 3. The predicted octanol–water partition coefficient (Wildman–Crippen LogP) is 2.62. The average molecular weight is 356 g/mol. The molecule has 3 aromatic rings. The quantitative estimate of drug-likeness (QED) is 0.629. The molecule has 0 saturated carbocycles. The van der Waals surface area contributed by atoms with Gasteiger partial charge in [0, 0.05) is 23.9 Å². The Kier molecular flexibility index (Phi) is 4.92. The second kappa shape index (κ2) is 7.30. The van der Waals surface area contributed by atoms with Crippen LogP contribution in [-0.4, -0.2) is 29.1 Å². The Morgan fingerprint density at radius 1 is 1.31 bits per heavy atom.